The minimum absolute atomic E-state index is 0.205. The summed E-state index contributed by atoms with van der Waals surface area (Å²) >= 11 is 1.46. The van der Waals surface area contributed by atoms with Crippen LogP contribution in [-0.4, -0.2) is 22.2 Å². The molecule has 0 fully saturated rings. The van der Waals surface area contributed by atoms with Crippen molar-refractivity contribution in [1.29, 1.82) is 0 Å². The molecule has 2 heterocycles. The molecule has 4 aromatic rings. The van der Waals surface area contributed by atoms with Crippen LogP contribution in [0.3, 0.4) is 0 Å². The van der Waals surface area contributed by atoms with Gasteiger partial charge in [0, 0.05) is 10.4 Å². The van der Waals surface area contributed by atoms with E-state index in [0.717, 1.165) is 26.2 Å². The zero-order chi connectivity index (χ0) is 20.4. The van der Waals surface area contributed by atoms with Crippen LogP contribution >= 0.6 is 11.3 Å². The first kappa shape index (κ1) is 18.9. The standard InChI is InChI=1S/C22H19N3O3S/c1-14-8-6-7-11-17(14)28-12-18(26)24-25-13-23-21-20(22(25)27)19(15(2)29-21)16-9-4-3-5-10-16/h3-11,13H,12H2,1-2H3,(H,24,26). The van der Waals surface area contributed by atoms with Gasteiger partial charge in [0.05, 0.1) is 5.39 Å². The zero-order valence-corrected chi connectivity index (χ0v) is 16.8. The van der Waals surface area contributed by atoms with Crippen molar-refractivity contribution < 1.29 is 9.53 Å². The van der Waals surface area contributed by atoms with E-state index < -0.39 is 5.91 Å². The normalized spacial score (nSPS) is 10.8. The van der Waals surface area contributed by atoms with Crippen LogP contribution in [0.4, 0.5) is 0 Å². The lowest BCUT2D eigenvalue weighted by molar-refractivity contribution is -0.119. The molecule has 1 amide bonds. The van der Waals surface area contributed by atoms with Crippen molar-refractivity contribution in [2.45, 2.75) is 13.8 Å². The monoisotopic (exact) mass is 405 g/mol. The average Bonchev–Trinajstić information content (AvgIpc) is 3.07. The van der Waals surface area contributed by atoms with E-state index >= 15 is 0 Å². The largest absolute Gasteiger partial charge is 0.483 e. The molecule has 0 aliphatic rings. The number of benzene rings is 2. The Morgan fingerprint density at radius 3 is 2.59 bits per heavy atom. The number of hydrogen-bond acceptors (Lipinski definition) is 5. The summed E-state index contributed by atoms with van der Waals surface area (Å²) in [6.07, 6.45) is 1.33. The van der Waals surface area contributed by atoms with Crippen molar-refractivity contribution in [2.75, 3.05) is 12.0 Å². The Bertz CT molecular complexity index is 1250. The molecule has 4 rings (SSSR count). The summed E-state index contributed by atoms with van der Waals surface area (Å²) in [6.45, 7) is 3.66. The van der Waals surface area contributed by atoms with Crippen LogP contribution in [0.1, 0.15) is 10.4 Å². The molecule has 6 nitrogen and oxygen atoms in total. The number of aromatic nitrogens is 2. The first-order valence-corrected chi connectivity index (χ1v) is 9.90. The van der Waals surface area contributed by atoms with E-state index in [1.165, 1.54) is 17.7 Å². The lowest BCUT2D eigenvalue weighted by Crippen LogP contribution is -2.35. The number of nitrogens with zero attached hydrogens (tertiary/aromatic N) is 2. The second-order valence-electron chi connectivity index (χ2n) is 6.59. The summed E-state index contributed by atoms with van der Waals surface area (Å²) in [6, 6.07) is 17.1. The summed E-state index contributed by atoms with van der Waals surface area (Å²) in [5.41, 5.74) is 4.97. The Balaban J connectivity index is 1.62. The smallest absolute Gasteiger partial charge is 0.281 e. The lowest BCUT2D eigenvalue weighted by atomic mass is 10.0. The lowest BCUT2D eigenvalue weighted by Gasteiger charge is -2.10. The highest BCUT2D eigenvalue weighted by Gasteiger charge is 2.17. The average molecular weight is 405 g/mol. The maximum absolute atomic E-state index is 13.1. The van der Waals surface area contributed by atoms with E-state index in [0.29, 0.717) is 16.0 Å². The predicted octanol–water partition coefficient (Wildman–Crippen LogP) is 3.89. The van der Waals surface area contributed by atoms with Crippen molar-refractivity contribution >= 4 is 27.5 Å². The molecule has 0 radical (unpaired) electrons. The molecule has 0 saturated heterocycles. The van der Waals surface area contributed by atoms with Crippen molar-refractivity contribution in [3.05, 3.63) is 81.7 Å². The first-order valence-electron chi connectivity index (χ1n) is 9.09. The summed E-state index contributed by atoms with van der Waals surface area (Å²) in [5.74, 6) is 0.188. The highest BCUT2D eigenvalue weighted by Crippen LogP contribution is 2.35. The number of hydrogen-bond donors (Lipinski definition) is 1. The molecular weight excluding hydrogens is 386 g/mol. The minimum atomic E-state index is -0.440. The predicted molar refractivity (Wildman–Crippen MR) is 115 cm³/mol. The van der Waals surface area contributed by atoms with Gasteiger partial charge in [-0.25, -0.2) is 9.66 Å². The number of amides is 1. The van der Waals surface area contributed by atoms with Gasteiger partial charge in [0.1, 0.15) is 16.9 Å². The zero-order valence-electron chi connectivity index (χ0n) is 16.0. The van der Waals surface area contributed by atoms with Crippen molar-refractivity contribution in [3.8, 4) is 16.9 Å². The Morgan fingerprint density at radius 2 is 1.83 bits per heavy atom. The molecule has 2 aromatic carbocycles. The van der Waals surface area contributed by atoms with Gasteiger partial charge < -0.3 is 4.74 Å². The molecule has 0 aliphatic carbocycles. The number of nitrogens with one attached hydrogen (secondary N) is 1. The second-order valence-corrected chi connectivity index (χ2v) is 7.79. The fourth-order valence-electron chi connectivity index (χ4n) is 3.16. The van der Waals surface area contributed by atoms with Gasteiger partial charge in [0.2, 0.25) is 0 Å². The summed E-state index contributed by atoms with van der Waals surface area (Å²) in [5, 5.41) is 0.501. The van der Waals surface area contributed by atoms with Crippen LogP contribution in [0, 0.1) is 13.8 Å². The molecule has 1 N–H and O–H groups in total. The van der Waals surface area contributed by atoms with Gasteiger partial charge in [-0.15, -0.1) is 11.3 Å². The van der Waals surface area contributed by atoms with Crippen molar-refractivity contribution in [2.24, 2.45) is 0 Å². The molecule has 0 aliphatic heterocycles. The number of carbonyl (C=O) groups is 1. The Morgan fingerprint density at radius 1 is 1.10 bits per heavy atom. The van der Waals surface area contributed by atoms with E-state index in [2.05, 4.69) is 10.4 Å². The number of para-hydroxylation sites is 1. The number of aryl methyl sites for hydroxylation is 2. The molecule has 29 heavy (non-hydrogen) atoms. The van der Waals surface area contributed by atoms with Gasteiger partial charge in [-0.05, 0) is 31.0 Å². The van der Waals surface area contributed by atoms with Gasteiger partial charge in [-0.3, -0.25) is 15.0 Å². The highest BCUT2D eigenvalue weighted by atomic mass is 32.1. The number of rotatable bonds is 5. The SMILES string of the molecule is Cc1ccccc1OCC(=O)Nn1cnc2sc(C)c(-c3ccccc3)c2c1=O. The van der Waals surface area contributed by atoms with Crippen LogP contribution < -0.4 is 15.7 Å². The van der Waals surface area contributed by atoms with Gasteiger partial charge in [-0.2, -0.15) is 0 Å². The number of ether oxygens (including phenoxy) is 1. The van der Waals surface area contributed by atoms with Crippen LogP contribution in [0.2, 0.25) is 0 Å². The third kappa shape index (κ3) is 3.77. The van der Waals surface area contributed by atoms with Crippen LogP contribution in [0.25, 0.3) is 21.3 Å². The van der Waals surface area contributed by atoms with E-state index in [9.17, 15) is 9.59 Å². The first-order chi connectivity index (χ1) is 14.0. The molecule has 0 spiro atoms. The molecular formula is C22H19N3O3S. The number of fused-ring (bicyclic) bond motifs is 1. The van der Waals surface area contributed by atoms with Crippen LogP contribution in [0.15, 0.2) is 65.7 Å². The summed E-state index contributed by atoms with van der Waals surface area (Å²) in [4.78, 5) is 31.4. The van der Waals surface area contributed by atoms with Gasteiger partial charge >= 0.3 is 0 Å². The third-order valence-electron chi connectivity index (χ3n) is 4.55. The van der Waals surface area contributed by atoms with Crippen LogP contribution in [0.5, 0.6) is 5.75 Å². The Labute approximate surface area is 171 Å². The maximum atomic E-state index is 13.1. The minimum Gasteiger partial charge on any atom is -0.483 e. The molecule has 0 unspecified atom stereocenters. The maximum Gasteiger partial charge on any atom is 0.281 e. The fourth-order valence-corrected chi connectivity index (χ4v) is 4.17. The second kappa shape index (κ2) is 7.89. The van der Waals surface area contributed by atoms with E-state index in [1.54, 1.807) is 6.07 Å². The van der Waals surface area contributed by atoms with E-state index in [1.807, 2.05) is 62.4 Å². The molecule has 0 atom stereocenters. The Kier molecular flexibility index (Phi) is 5.14. The number of thiophene rings is 1. The van der Waals surface area contributed by atoms with Gasteiger partial charge in [0.25, 0.3) is 11.5 Å². The topological polar surface area (TPSA) is 73.2 Å². The van der Waals surface area contributed by atoms with E-state index in [-0.39, 0.29) is 12.2 Å². The third-order valence-corrected chi connectivity index (χ3v) is 5.56. The fraction of sp³-hybridized carbons (Fsp3) is 0.136. The molecule has 7 heteroatoms. The molecule has 0 bridgehead atoms. The van der Waals surface area contributed by atoms with Crippen molar-refractivity contribution in [1.82, 2.24) is 9.66 Å². The van der Waals surface area contributed by atoms with Crippen LogP contribution in [-0.2, 0) is 4.79 Å². The van der Waals surface area contributed by atoms with Gasteiger partial charge in [-0.1, -0.05) is 48.5 Å². The van der Waals surface area contributed by atoms with Gasteiger partial charge in [0.15, 0.2) is 6.61 Å². The quantitative estimate of drug-likeness (QED) is 0.547. The molecule has 146 valence electrons. The molecule has 2 aromatic heterocycles. The summed E-state index contributed by atoms with van der Waals surface area (Å²) in [7, 11) is 0. The van der Waals surface area contributed by atoms with E-state index in [4.69, 9.17) is 4.74 Å². The number of carbonyl (C=O) groups excluding carboxylic acids is 1. The molecule has 0 saturated carbocycles. The highest BCUT2D eigenvalue weighted by molar-refractivity contribution is 7.19. The van der Waals surface area contributed by atoms with Crippen molar-refractivity contribution in [3.63, 3.8) is 0 Å². The Hall–Kier alpha value is -3.45. The summed E-state index contributed by atoms with van der Waals surface area (Å²) < 4.78 is 6.67.